The first-order valence-electron chi connectivity index (χ1n) is 10.4. The zero-order chi connectivity index (χ0) is 21.8. The van der Waals surface area contributed by atoms with Crippen molar-refractivity contribution in [3.05, 3.63) is 89.2 Å². The molecule has 0 fully saturated rings. The standard InChI is InChI=1S/C25H25NO4S/c1-30-25(27)24-14-15-26-17-20(24)11-10-18-6-5-7-19-16-22(12-13-23(18)19)31(28,29)21-8-3-2-4-9-21/h2-4,8-9,12-18H,5-7,10-11H2,1H3/t18-/m1/s1. The molecule has 1 aliphatic carbocycles. The fourth-order valence-electron chi connectivity index (χ4n) is 4.36. The molecular weight excluding hydrogens is 410 g/mol. The summed E-state index contributed by atoms with van der Waals surface area (Å²) in [6, 6.07) is 15.8. The molecule has 0 N–H and O–H groups in total. The van der Waals surface area contributed by atoms with Gasteiger partial charge in [-0.15, -0.1) is 0 Å². The number of benzene rings is 2. The van der Waals surface area contributed by atoms with E-state index in [-0.39, 0.29) is 5.97 Å². The van der Waals surface area contributed by atoms with Gasteiger partial charge in [-0.05, 0) is 85.0 Å². The van der Waals surface area contributed by atoms with Gasteiger partial charge >= 0.3 is 5.97 Å². The average molecular weight is 436 g/mol. The second-order valence-corrected chi connectivity index (χ2v) is 9.78. The number of pyridine rings is 1. The maximum atomic E-state index is 13.0. The van der Waals surface area contributed by atoms with E-state index in [4.69, 9.17) is 4.74 Å². The Kier molecular flexibility index (Phi) is 6.18. The van der Waals surface area contributed by atoms with Gasteiger partial charge in [-0.3, -0.25) is 4.98 Å². The summed E-state index contributed by atoms with van der Waals surface area (Å²) in [5, 5.41) is 0. The van der Waals surface area contributed by atoms with E-state index in [2.05, 4.69) is 4.98 Å². The number of rotatable bonds is 6. The molecule has 1 aliphatic rings. The number of nitrogens with zero attached hydrogens (tertiary/aromatic N) is 1. The summed E-state index contributed by atoms with van der Waals surface area (Å²) in [4.78, 5) is 16.8. The van der Waals surface area contributed by atoms with Crippen LogP contribution >= 0.6 is 0 Å². The second kappa shape index (κ2) is 9.02. The van der Waals surface area contributed by atoms with E-state index in [1.54, 1.807) is 48.8 Å². The normalized spacial score (nSPS) is 15.8. The molecule has 0 saturated carbocycles. The molecule has 0 aliphatic heterocycles. The van der Waals surface area contributed by atoms with Crippen LogP contribution in [0.5, 0.6) is 0 Å². The number of aryl methyl sites for hydroxylation is 2. The Hall–Kier alpha value is -2.99. The van der Waals surface area contributed by atoms with Crippen molar-refractivity contribution in [2.75, 3.05) is 7.11 Å². The number of ether oxygens (including phenoxy) is 1. The molecule has 0 radical (unpaired) electrons. The predicted molar refractivity (Wildman–Crippen MR) is 118 cm³/mol. The highest BCUT2D eigenvalue weighted by atomic mass is 32.2. The summed E-state index contributed by atoms with van der Waals surface area (Å²) < 4.78 is 30.9. The van der Waals surface area contributed by atoms with Crippen molar-refractivity contribution >= 4 is 15.8 Å². The number of methoxy groups -OCH3 is 1. The number of aromatic nitrogens is 1. The Labute approximate surface area is 183 Å². The van der Waals surface area contributed by atoms with E-state index < -0.39 is 9.84 Å². The molecular formula is C25H25NO4S. The van der Waals surface area contributed by atoms with E-state index >= 15 is 0 Å². The molecule has 160 valence electrons. The molecule has 5 nitrogen and oxygen atoms in total. The summed E-state index contributed by atoms with van der Waals surface area (Å²) in [6.45, 7) is 0. The minimum Gasteiger partial charge on any atom is -0.465 e. The molecule has 0 spiro atoms. The quantitative estimate of drug-likeness (QED) is 0.522. The third-order valence-electron chi connectivity index (χ3n) is 5.99. The smallest absolute Gasteiger partial charge is 0.338 e. The van der Waals surface area contributed by atoms with Crippen molar-refractivity contribution in [2.45, 2.75) is 47.8 Å². The number of hydrogen-bond acceptors (Lipinski definition) is 5. The Morgan fingerprint density at radius 2 is 1.90 bits per heavy atom. The zero-order valence-electron chi connectivity index (χ0n) is 17.5. The van der Waals surface area contributed by atoms with Crippen LogP contribution in [0.25, 0.3) is 0 Å². The van der Waals surface area contributed by atoms with Crippen LogP contribution in [0.3, 0.4) is 0 Å². The molecule has 0 bridgehead atoms. The third kappa shape index (κ3) is 4.39. The maximum absolute atomic E-state index is 13.0. The van der Waals surface area contributed by atoms with Gasteiger partial charge in [0.25, 0.3) is 0 Å². The first-order chi connectivity index (χ1) is 15.0. The van der Waals surface area contributed by atoms with Gasteiger partial charge < -0.3 is 4.74 Å². The van der Waals surface area contributed by atoms with Crippen molar-refractivity contribution in [1.82, 2.24) is 4.98 Å². The van der Waals surface area contributed by atoms with Gasteiger partial charge in [0.2, 0.25) is 9.84 Å². The number of fused-ring (bicyclic) bond motifs is 1. The monoisotopic (exact) mass is 435 g/mol. The van der Waals surface area contributed by atoms with E-state index in [0.29, 0.717) is 27.7 Å². The van der Waals surface area contributed by atoms with Crippen LogP contribution in [0.1, 0.15) is 52.2 Å². The molecule has 1 heterocycles. The Bertz CT molecular complexity index is 1190. The number of sulfone groups is 1. The largest absolute Gasteiger partial charge is 0.465 e. The van der Waals surface area contributed by atoms with E-state index in [1.807, 2.05) is 18.2 Å². The average Bonchev–Trinajstić information content (AvgIpc) is 2.82. The van der Waals surface area contributed by atoms with Crippen molar-refractivity contribution < 1.29 is 17.9 Å². The van der Waals surface area contributed by atoms with Crippen LogP contribution in [-0.2, 0) is 27.4 Å². The van der Waals surface area contributed by atoms with Gasteiger partial charge in [-0.25, -0.2) is 13.2 Å². The van der Waals surface area contributed by atoms with Crippen LogP contribution in [0.2, 0.25) is 0 Å². The molecule has 2 aromatic carbocycles. The van der Waals surface area contributed by atoms with Crippen LogP contribution in [0, 0.1) is 0 Å². The number of hydrogen-bond donors (Lipinski definition) is 0. The minimum atomic E-state index is -3.52. The molecule has 1 aromatic heterocycles. The van der Waals surface area contributed by atoms with Gasteiger partial charge in [-0.1, -0.05) is 24.3 Å². The molecule has 0 saturated heterocycles. The lowest BCUT2D eigenvalue weighted by atomic mass is 9.80. The lowest BCUT2D eigenvalue weighted by Gasteiger charge is -2.26. The maximum Gasteiger partial charge on any atom is 0.338 e. The van der Waals surface area contributed by atoms with Crippen LogP contribution in [-0.4, -0.2) is 26.5 Å². The fourth-order valence-corrected chi connectivity index (χ4v) is 5.69. The Morgan fingerprint density at radius 3 is 2.68 bits per heavy atom. The lowest BCUT2D eigenvalue weighted by molar-refractivity contribution is 0.0599. The highest BCUT2D eigenvalue weighted by molar-refractivity contribution is 7.91. The topological polar surface area (TPSA) is 73.3 Å². The summed E-state index contributed by atoms with van der Waals surface area (Å²) in [7, 11) is -2.14. The zero-order valence-corrected chi connectivity index (χ0v) is 18.3. The van der Waals surface area contributed by atoms with E-state index in [1.165, 1.54) is 12.7 Å². The first-order valence-corrected chi connectivity index (χ1v) is 11.9. The highest BCUT2D eigenvalue weighted by Crippen LogP contribution is 2.37. The van der Waals surface area contributed by atoms with E-state index in [9.17, 15) is 13.2 Å². The van der Waals surface area contributed by atoms with Gasteiger partial charge in [0.05, 0.1) is 22.5 Å². The molecule has 1 atom stereocenters. The Morgan fingerprint density at radius 1 is 1.10 bits per heavy atom. The third-order valence-corrected chi connectivity index (χ3v) is 7.76. The summed E-state index contributed by atoms with van der Waals surface area (Å²) in [5.41, 5.74) is 3.75. The minimum absolute atomic E-state index is 0.314. The highest BCUT2D eigenvalue weighted by Gasteiger charge is 2.24. The summed E-state index contributed by atoms with van der Waals surface area (Å²) in [6.07, 6.45) is 7.85. The summed E-state index contributed by atoms with van der Waals surface area (Å²) in [5.74, 6) is -0.0277. The first kappa shape index (κ1) is 21.2. The van der Waals surface area contributed by atoms with Gasteiger partial charge in [0.1, 0.15) is 0 Å². The number of carbonyl (C=O) groups excluding carboxylic acids is 1. The summed E-state index contributed by atoms with van der Waals surface area (Å²) >= 11 is 0. The van der Waals surface area contributed by atoms with Gasteiger partial charge in [-0.2, -0.15) is 0 Å². The predicted octanol–water partition coefficient (Wildman–Crippen LogP) is 4.75. The lowest BCUT2D eigenvalue weighted by Crippen LogP contribution is -2.13. The fraction of sp³-hybridized carbons (Fsp3) is 0.280. The van der Waals surface area contributed by atoms with Crippen molar-refractivity contribution in [3.63, 3.8) is 0 Å². The second-order valence-electron chi connectivity index (χ2n) is 7.83. The van der Waals surface area contributed by atoms with Crippen LogP contribution in [0.4, 0.5) is 0 Å². The van der Waals surface area contributed by atoms with Gasteiger partial charge in [0.15, 0.2) is 0 Å². The Balaban J connectivity index is 1.57. The molecule has 0 amide bonds. The van der Waals surface area contributed by atoms with Crippen LogP contribution in [0.15, 0.2) is 76.8 Å². The van der Waals surface area contributed by atoms with E-state index in [0.717, 1.165) is 36.8 Å². The van der Waals surface area contributed by atoms with Crippen LogP contribution < -0.4 is 0 Å². The molecule has 6 heteroatoms. The van der Waals surface area contributed by atoms with Crippen molar-refractivity contribution in [1.29, 1.82) is 0 Å². The number of carbonyl (C=O) groups is 1. The van der Waals surface area contributed by atoms with Crippen molar-refractivity contribution in [3.8, 4) is 0 Å². The van der Waals surface area contributed by atoms with Crippen molar-refractivity contribution in [2.24, 2.45) is 0 Å². The molecule has 3 aromatic rings. The van der Waals surface area contributed by atoms with Gasteiger partial charge in [0, 0.05) is 12.4 Å². The SMILES string of the molecule is COC(=O)c1ccncc1CC[C@H]1CCCc2cc(S(=O)(=O)c3ccccc3)ccc21. The number of esters is 1. The molecule has 4 rings (SSSR count). The molecule has 31 heavy (non-hydrogen) atoms. The molecule has 0 unspecified atom stereocenters.